The Morgan fingerprint density at radius 2 is 1.80 bits per heavy atom. The van der Waals surface area contributed by atoms with Crippen LogP contribution < -0.4 is 0 Å². The van der Waals surface area contributed by atoms with Crippen molar-refractivity contribution in [1.82, 2.24) is 23.6 Å². The number of hydrogen-bond donors (Lipinski definition) is 1. The van der Waals surface area contributed by atoms with Gasteiger partial charge in [-0.25, -0.2) is 22.1 Å². The molecule has 1 fully saturated rings. The number of ether oxygens (including phenoxy) is 1. The average Bonchev–Trinajstić information content (AvgIpc) is 3.70. The van der Waals surface area contributed by atoms with Gasteiger partial charge in [0.05, 0.1) is 16.3 Å². The number of amides is 1. The summed E-state index contributed by atoms with van der Waals surface area (Å²) in [6.07, 6.45) is 3.48. The fourth-order valence-electron chi connectivity index (χ4n) is 5.70. The summed E-state index contributed by atoms with van der Waals surface area (Å²) in [5.74, 6) is -0.332. The third-order valence-corrected chi connectivity index (χ3v) is 11.9. The number of likely N-dealkylation sites (N-methyl/N-ethyl adjacent to an activating group) is 1. The minimum Gasteiger partial charge on any atom is -0.375 e. The molecule has 12 heteroatoms. The van der Waals surface area contributed by atoms with Crippen molar-refractivity contribution < 1.29 is 23.1 Å². The van der Waals surface area contributed by atoms with Gasteiger partial charge < -0.3 is 14.7 Å². The molecule has 3 aromatic heterocycles. The van der Waals surface area contributed by atoms with Crippen molar-refractivity contribution >= 4 is 35.0 Å². The first kappa shape index (κ1) is 31.9. The summed E-state index contributed by atoms with van der Waals surface area (Å²) in [6, 6.07) is 20.5. The van der Waals surface area contributed by atoms with Crippen molar-refractivity contribution in [2.24, 2.45) is 0 Å². The molecule has 1 atom stereocenters. The fraction of sp³-hybridized carbons (Fsp3) is 0.324. The quantitative estimate of drug-likeness (QED) is 0.156. The molecule has 1 unspecified atom stereocenters. The van der Waals surface area contributed by atoms with Crippen LogP contribution in [0.1, 0.15) is 17.5 Å². The molecule has 5 aromatic rings. The molecule has 4 heterocycles. The van der Waals surface area contributed by atoms with E-state index >= 15 is 0 Å². The first-order valence-electron chi connectivity index (χ1n) is 15.3. The van der Waals surface area contributed by atoms with Crippen molar-refractivity contribution in [2.75, 3.05) is 20.2 Å². The van der Waals surface area contributed by atoms with Crippen LogP contribution >= 0.6 is 0 Å². The molecule has 46 heavy (non-hydrogen) atoms. The third kappa shape index (κ3) is 5.93. The van der Waals surface area contributed by atoms with E-state index in [-0.39, 0.29) is 17.5 Å². The minimum absolute atomic E-state index is 0.157. The Morgan fingerprint density at radius 1 is 1.04 bits per heavy atom. The van der Waals surface area contributed by atoms with Gasteiger partial charge in [0, 0.05) is 63.6 Å². The molecule has 1 amide bonds. The number of carbonyl (C=O) groups excluding carboxylic acids is 1. The van der Waals surface area contributed by atoms with Gasteiger partial charge in [0.15, 0.2) is 11.2 Å². The highest BCUT2D eigenvalue weighted by Gasteiger charge is 2.45. The standard InChI is InChI=1S/C34H39N5O5SSi/c1-24-11-13-27(14-12-24)45(42,43)39-22-29(28-10-7-16-35-32(28)39)31-21-30(36-38(31)23-44-18-19-46(3,4)5)25-8-6-9-26(20-25)34(41)15-17-37(2)33(34)40/h6-14,16,20-22,41H,15,17-19,23H2,1-5H3. The maximum atomic E-state index is 13.9. The molecule has 0 radical (unpaired) electrons. The molecule has 1 saturated heterocycles. The van der Waals surface area contributed by atoms with Crippen LogP contribution in [0, 0.1) is 6.92 Å². The second-order valence-electron chi connectivity index (χ2n) is 13.2. The number of carbonyl (C=O) groups is 1. The average molecular weight is 658 g/mol. The number of rotatable bonds is 10. The molecule has 1 aliphatic heterocycles. The molecule has 240 valence electrons. The molecule has 0 spiro atoms. The highest BCUT2D eigenvalue weighted by molar-refractivity contribution is 7.90. The van der Waals surface area contributed by atoms with E-state index in [0.717, 1.165) is 11.6 Å². The summed E-state index contributed by atoms with van der Waals surface area (Å²) in [7, 11) is -3.61. The van der Waals surface area contributed by atoms with Gasteiger partial charge in [-0.1, -0.05) is 55.5 Å². The second kappa shape index (κ2) is 11.9. The van der Waals surface area contributed by atoms with Gasteiger partial charge in [-0.2, -0.15) is 5.10 Å². The molecule has 0 saturated carbocycles. The summed E-state index contributed by atoms with van der Waals surface area (Å²) < 4.78 is 36.9. The number of aryl methyl sites for hydroxylation is 1. The first-order chi connectivity index (χ1) is 21.8. The lowest BCUT2D eigenvalue weighted by Gasteiger charge is -2.21. The lowest BCUT2D eigenvalue weighted by Crippen LogP contribution is -2.36. The maximum Gasteiger partial charge on any atom is 0.269 e. The van der Waals surface area contributed by atoms with Gasteiger partial charge in [-0.3, -0.25) is 4.79 Å². The summed E-state index contributed by atoms with van der Waals surface area (Å²) >= 11 is 0. The van der Waals surface area contributed by atoms with E-state index in [2.05, 4.69) is 24.6 Å². The number of aliphatic hydroxyl groups is 1. The Labute approximate surface area is 270 Å². The summed E-state index contributed by atoms with van der Waals surface area (Å²) in [4.78, 5) is 19.0. The number of nitrogens with zero attached hydrogens (tertiary/aromatic N) is 5. The Kier molecular flexibility index (Phi) is 8.26. The zero-order valence-electron chi connectivity index (χ0n) is 26.8. The number of fused-ring (bicyclic) bond motifs is 1. The molecule has 0 bridgehead atoms. The fourth-order valence-corrected chi connectivity index (χ4v) is 7.78. The van der Waals surface area contributed by atoms with Gasteiger partial charge in [0.1, 0.15) is 6.73 Å². The Morgan fingerprint density at radius 3 is 2.50 bits per heavy atom. The number of benzene rings is 2. The summed E-state index contributed by atoms with van der Waals surface area (Å²) in [6.45, 7) is 9.98. The zero-order valence-corrected chi connectivity index (χ0v) is 28.6. The van der Waals surface area contributed by atoms with Crippen molar-refractivity contribution in [2.45, 2.75) is 56.3 Å². The van der Waals surface area contributed by atoms with Crippen LogP contribution in [-0.2, 0) is 31.9 Å². The van der Waals surface area contributed by atoms with Crippen molar-refractivity contribution in [3.05, 3.63) is 90.3 Å². The Balaban J connectivity index is 1.46. The number of pyridine rings is 1. The predicted molar refractivity (Wildman–Crippen MR) is 180 cm³/mol. The highest BCUT2D eigenvalue weighted by Crippen LogP contribution is 2.37. The number of likely N-dealkylation sites (tertiary alicyclic amines) is 1. The number of aromatic nitrogens is 4. The lowest BCUT2D eigenvalue weighted by molar-refractivity contribution is -0.143. The van der Waals surface area contributed by atoms with E-state index in [9.17, 15) is 18.3 Å². The smallest absolute Gasteiger partial charge is 0.269 e. The number of hydrogen-bond acceptors (Lipinski definition) is 7. The Hall–Kier alpha value is -4.10. The van der Waals surface area contributed by atoms with E-state index in [4.69, 9.17) is 9.84 Å². The van der Waals surface area contributed by atoms with Crippen LogP contribution in [-0.4, -0.2) is 71.3 Å². The van der Waals surface area contributed by atoms with Crippen molar-refractivity contribution in [1.29, 1.82) is 0 Å². The van der Waals surface area contributed by atoms with Gasteiger partial charge in [-0.05, 0) is 54.9 Å². The second-order valence-corrected chi connectivity index (χ2v) is 20.6. The molecular weight excluding hydrogens is 619 g/mol. The molecule has 2 aromatic carbocycles. The molecule has 0 aliphatic carbocycles. The van der Waals surface area contributed by atoms with Crippen molar-refractivity contribution in [3.63, 3.8) is 0 Å². The van der Waals surface area contributed by atoms with Gasteiger partial charge in [0.2, 0.25) is 0 Å². The van der Waals surface area contributed by atoms with Gasteiger partial charge in [0.25, 0.3) is 15.9 Å². The molecule has 6 rings (SSSR count). The maximum absolute atomic E-state index is 13.9. The zero-order chi connectivity index (χ0) is 32.9. The normalized spacial score (nSPS) is 17.3. The third-order valence-electron chi connectivity index (χ3n) is 8.52. The van der Waals surface area contributed by atoms with E-state index in [0.29, 0.717) is 58.7 Å². The van der Waals surface area contributed by atoms with Gasteiger partial charge in [-0.15, -0.1) is 0 Å². The summed E-state index contributed by atoms with van der Waals surface area (Å²) in [5.41, 5.74) is 2.77. The monoisotopic (exact) mass is 657 g/mol. The van der Waals surface area contributed by atoms with Crippen LogP contribution in [0.15, 0.2) is 84.0 Å². The highest BCUT2D eigenvalue weighted by atomic mass is 32.2. The van der Waals surface area contributed by atoms with E-state index in [1.165, 1.54) is 8.87 Å². The molecule has 1 N–H and O–H groups in total. The van der Waals surface area contributed by atoms with Gasteiger partial charge >= 0.3 is 0 Å². The first-order valence-corrected chi connectivity index (χ1v) is 20.5. The van der Waals surface area contributed by atoms with Crippen LogP contribution in [0.2, 0.25) is 25.7 Å². The molecular formula is C34H39N5O5SSi. The van der Waals surface area contributed by atoms with Crippen LogP contribution in [0.3, 0.4) is 0 Å². The Bertz CT molecular complexity index is 2030. The van der Waals surface area contributed by atoms with Crippen LogP contribution in [0.5, 0.6) is 0 Å². The van der Waals surface area contributed by atoms with E-state index in [1.807, 2.05) is 25.1 Å². The van der Waals surface area contributed by atoms with Crippen molar-refractivity contribution in [3.8, 4) is 22.5 Å². The predicted octanol–water partition coefficient (Wildman–Crippen LogP) is 5.47. The van der Waals surface area contributed by atoms with Crippen LogP contribution in [0.4, 0.5) is 0 Å². The topological polar surface area (TPSA) is 120 Å². The molecule has 1 aliphatic rings. The minimum atomic E-state index is -3.96. The van der Waals surface area contributed by atoms with E-state index < -0.39 is 23.7 Å². The van der Waals surface area contributed by atoms with Crippen LogP contribution in [0.25, 0.3) is 33.5 Å². The summed E-state index contributed by atoms with van der Waals surface area (Å²) in [5, 5.41) is 16.9. The SMILES string of the molecule is Cc1ccc(S(=O)(=O)n2cc(-c3cc(-c4cccc(C5(O)CCN(C)C5=O)c4)nn3COCC[Si](C)(C)C)c3cccnc32)cc1. The molecule has 10 nitrogen and oxygen atoms in total. The lowest BCUT2D eigenvalue weighted by atomic mass is 9.90. The largest absolute Gasteiger partial charge is 0.375 e. The van der Waals surface area contributed by atoms with E-state index in [1.54, 1.807) is 72.7 Å².